The fourth-order valence-electron chi connectivity index (χ4n) is 2.63. The Balaban J connectivity index is 2.41. The molecule has 0 aliphatic carbocycles. The zero-order valence-electron chi connectivity index (χ0n) is 10.1. The Morgan fingerprint density at radius 1 is 0.750 bits per heavy atom. The number of fused-ring (bicyclic) bond motifs is 3. The maximum atomic E-state index is 2.57. The van der Waals surface area contributed by atoms with Crippen LogP contribution >= 0.6 is 22.7 Å². The maximum absolute atomic E-state index is 2.57. The first-order valence-corrected chi connectivity index (χ1v) is 14.4. The summed E-state index contributed by atoms with van der Waals surface area (Å²) < 4.78 is 0. The summed E-state index contributed by atoms with van der Waals surface area (Å²) in [4.78, 5) is 3.18. The van der Waals surface area contributed by atoms with Gasteiger partial charge >= 0.3 is 0 Å². The van der Waals surface area contributed by atoms with Crippen molar-refractivity contribution in [3.8, 4) is 9.75 Å². The van der Waals surface area contributed by atoms with Gasteiger partial charge in [0.2, 0.25) is 0 Å². The second kappa shape index (κ2) is 3.19. The van der Waals surface area contributed by atoms with E-state index in [-0.39, 0.29) is 0 Å². The summed E-state index contributed by atoms with van der Waals surface area (Å²) in [6, 6.07) is 4.81. The molecule has 0 nitrogen and oxygen atoms in total. The lowest BCUT2D eigenvalue weighted by Gasteiger charge is -2.42. The largest absolute Gasteiger partial charge is 0.143 e. The van der Waals surface area contributed by atoms with Crippen LogP contribution in [0.15, 0.2) is 22.9 Å². The van der Waals surface area contributed by atoms with Crippen LogP contribution in [0, 0.1) is 0 Å². The van der Waals surface area contributed by atoms with Crippen molar-refractivity contribution in [2.75, 3.05) is 0 Å². The summed E-state index contributed by atoms with van der Waals surface area (Å²) in [5, 5.41) is 8.03. The summed E-state index contributed by atoms with van der Waals surface area (Å²) >= 11 is 3.89. The Morgan fingerprint density at radius 2 is 1.12 bits per heavy atom. The van der Waals surface area contributed by atoms with Crippen molar-refractivity contribution < 1.29 is 0 Å². The van der Waals surface area contributed by atoms with E-state index < -0.39 is 15.2 Å². The van der Waals surface area contributed by atoms with Crippen LogP contribution in [0.5, 0.6) is 0 Å². The Morgan fingerprint density at radius 3 is 1.50 bits per heavy atom. The third-order valence-electron chi connectivity index (χ3n) is 4.45. The van der Waals surface area contributed by atoms with Crippen molar-refractivity contribution in [3.05, 3.63) is 22.9 Å². The van der Waals surface area contributed by atoms with Gasteiger partial charge in [0.1, 0.15) is 0 Å². The van der Waals surface area contributed by atoms with E-state index in [0.29, 0.717) is 0 Å². The van der Waals surface area contributed by atoms with Gasteiger partial charge in [0.25, 0.3) is 0 Å². The normalized spacial score (nSPS) is 20.2. The molecule has 3 heterocycles. The molecule has 4 heteroatoms. The van der Waals surface area contributed by atoms with Gasteiger partial charge in [-0.3, -0.25) is 0 Å². The van der Waals surface area contributed by atoms with Crippen molar-refractivity contribution in [1.82, 2.24) is 0 Å². The predicted octanol–water partition coefficient (Wildman–Crippen LogP) is 3.40. The van der Waals surface area contributed by atoms with E-state index in [2.05, 4.69) is 49.1 Å². The molecule has 3 rings (SSSR count). The van der Waals surface area contributed by atoms with Gasteiger partial charge in [-0.05, 0) is 21.1 Å². The number of hydrogen-bond donors (Lipinski definition) is 0. The molecule has 2 aromatic heterocycles. The fourth-order valence-corrected chi connectivity index (χ4v) is 16.3. The first-order valence-electron chi connectivity index (χ1n) is 5.62. The summed E-state index contributed by atoms with van der Waals surface area (Å²) in [7, 11) is -2.49. The van der Waals surface area contributed by atoms with Gasteiger partial charge < -0.3 is 0 Å². The van der Waals surface area contributed by atoms with Crippen LogP contribution < -0.4 is 10.4 Å². The zero-order chi connectivity index (χ0) is 11.6. The van der Waals surface area contributed by atoms with Crippen LogP contribution in [0.1, 0.15) is 0 Å². The molecule has 0 amide bonds. The van der Waals surface area contributed by atoms with Gasteiger partial charge in [-0.2, -0.15) is 0 Å². The van der Waals surface area contributed by atoms with Crippen LogP contribution in [0.4, 0.5) is 0 Å². The Labute approximate surface area is 107 Å². The molecule has 1 aliphatic heterocycles. The Bertz CT molecular complexity index is 499. The monoisotopic (exact) mass is 280 g/mol. The molecular weight excluding hydrogens is 264 g/mol. The molecule has 0 spiro atoms. The smallest absolute Gasteiger partial charge is 0.0811 e. The van der Waals surface area contributed by atoms with Crippen molar-refractivity contribution in [3.63, 3.8) is 0 Å². The molecule has 0 radical (unpaired) electrons. The molecule has 1 aliphatic rings. The average Bonchev–Trinajstić information content (AvgIpc) is 2.84. The highest BCUT2D eigenvalue weighted by Crippen LogP contribution is 2.37. The minimum absolute atomic E-state index is 1.25. The van der Waals surface area contributed by atoms with Gasteiger partial charge in [0.05, 0.1) is 15.2 Å². The molecule has 84 valence electrons. The fraction of sp³-hybridized carbons (Fsp3) is 0.333. The topological polar surface area (TPSA) is 0 Å². The number of thiophene rings is 2. The second-order valence-corrected chi connectivity index (χ2v) is 22.5. The van der Waals surface area contributed by atoms with Crippen LogP contribution in [-0.2, 0) is 0 Å². The molecule has 0 bridgehead atoms. The molecule has 0 N–H and O–H groups in total. The molecule has 2 aromatic rings. The third kappa shape index (κ3) is 1.13. The third-order valence-corrected chi connectivity index (χ3v) is 24.4. The van der Waals surface area contributed by atoms with Gasteiger partial charge in [-0.25, -0.2) is 0 Å². The number of rotatable bonds is 0. The highest BCUT2D eigenvalue weighted by molar-refractivity contribution is 7.52. The van der Waals surface area contributed by atoms with Crippen LogP contribution in [-0.4, -0.2) is 15.2 Å². The highest BCUT2D eigenvalue weighted by atomic mass is 32.1. The van der Waals surface area contributed by atoms with Crippen molar-refractivity contribution in [1.29, 1.82) is 0 Å². The summed E-state index contributed by atoms with van der Waals surface area (Å²) in [5.74, 6) is 0. The lowest BCUT2D eigenvalue weighted by atomic mass is 10.4. The van der Waals surface area contributed by atoms with E-state index in [1.165, 1.54) is 0 Å². The van der Waals surface area contributed by atoms with Gasteiger partial charge in [0, 0.05) is 9.75 Å². The van der Waals surface area contributed by atoms with Crippen LogP contribution in [0.2, 0.25) is 26.2 Å². The standard InChI is InChI=1S/C12H16S2Si2/c1-15(2)9-5-7-13-11(9)12-10(6-8-14-12)16(15,3)4/h5-8H,1-4H3. The highest BCUT2D eigenvalue weighted by Gasteiger charge is 2.49. The van der Waals surface area contributed by atoms with Gasteiger partial charge in [-0.1, -0.05) is 38.3 Å². The molecule has 0 atom stereocenters. The van der Waals surface area contributed by atoms with Crippen LogP contribution in [0.25, 0.3) is 9.75 Å². The molecule has 0 aromatic carbocycles. The first kappa shape index (κ1) is 11.0. The number of hydrogen-bond acceptors (Lipinski definition) is 2. The summed E-state index contributed by atoms with van der Waals surface area (Å²) in [6.45, 7) is 10.3. The van der Waals surface area contributed by atoms with E-state index in [1.54, 1.807) is 20.1 Å². The van der Waals surface area contributed by atoms with E-state index in [9.17, 15) is 0 Å². The predicted molar refractivity (Wildman–Crippen MR) is 81.9 cm³/mol. The van der Waals surface area contributed by atoms with Crippen molar-refractivity contribution in [2.45, 2.75) is 26.2 Å². The van der Waals surface area contributed by atoms with Gasteiger partial charge in [-0.15, -0.1) is 22.7 Å². The van der Waals surface area contributed by atoms with Crippen LogP contribution in [0.3, 0.4) is 0 Å². The maximum Gasteiger partial charge on any atom is 0.0811 e. The van der Waals surface area contributed by atoms with Crippen molar-refractivity contribution in [2.24, 2.45) is 0 Å². The van der Waals surface area contributed by atoms with Gasteiger partial charge in [0.15, 0.2) is 0 Å². The minimum atomic E-state index is -1.25. The van der Waals surface area contributed by atoms with E-state index >= 15 is 0 Å². The zero-order valence-corrected chi connectivity index (χ0v) is 13.8. The second-order valence-electron chi connectivity index (χ2n) is 5.58. The Kier molecular flexibility index (Phi) is 2.18. The molecule has 16 heavy (non-hydrogen) atoms. The Hall–Kier alpha value is -0.166. The van der Waals surface area contributed by atoms with E-state index in [0.717, 1.165) is 0 Å². The summed E-state index contributed by atoms with van der Waals surface area (Å²) in [6.07, 6.45) is 0. The molecule has 0 saturated carbocycles. The van der Waals surface area contributed by atoms with Crippen molar-refractivity contribution >= 4 is 48.2 Å². The molecule has 0 saturated heterocycles. The minimum Gasteiger partial charge on any atom is -0.143 e. The average molecular weight is 281 g/mol. The molecule has 0 fully saturated rings. The molecular formula is C12H16S2Si2. The lowest BCUT2D eigenvalue weighted by Crippen LogP contribution is -2.71. The lowest BCUT2D eigenvalue weighted by molar-refractivity contribution is 1.75. The summed E-state index contributed by atoms with van der Waals surface area (Å²) in [5.41, 5.74) is 0. The first-order chi connectivity index (χ1) is 7.46. The van der Waals surface area contributed by atoms with E-state index in [4.69, 9.17) is 0 Å². The van der Waals surface area contributed by atoms with E-state index in [1.807, 2.05) is 22.7 Å². The SMILES string of the molecule is C[Si]1(C)c2ccsc2-c2sccc2[Si]1(C)C. The quantitative estimate of drug-likeness (QED) is 0.649. The molecule has 0 unspecified atom stereocenters.